The van der Waals surface area contributed by atoms with Crippen molar-refractivity contribution in [1.82, 2.24) is 0 Å². The van der Waals surface area contributed by atoms with Crippen molar-refractivity contribution in [3.63, 3.8) is 0 Å². The molecule has 0 spiro atoms. The minimum absolute atomic E-state index is 0.0403. The lowest BCUT2D eigenvalue weighted by atomic mass is 10.0. The molecule has 0 aliphatic heterocycles. The van der Waals surface area contributed by atoms with E-state index in [0.29, 0.717) is 22.4 Å². The van der Waals surface area contributed by atoms with Crippen LogP contribution >= 0.6 is 31.9 Å². The Bertz CT molecular complexity index is 671. The van der Waals surface area contributed by atoms with E-state index in [1.54, 1.807) is 30.3 Å². The van der Waals surface area contributed by atoms with E-state index in [0.717, 1.165) is 6.42 Å². The fourth-order valence-corrected chi connectivity index (χ4v) is 2.67. The summed E-state index contributed by atoms with van der Waals surface area (Å²) >= 11 is 6.46. The minimum Gasteiger partial charge on any atom is -0.492 e. The van der Waals surface area contributed by atoms with Crippen molar-refractivity contribution in [3.8, 4) is 5.75 Å². The topological polar surface area (TPSA) is 26.3 Å². The average molecular weight is 416 g/mol. The first-order valence-corrected chi connectivity index (χ1v) is 8.04. The van der Waals surface area contributed by atoms with Crippen molar-refractivity contribution in [1.29, 1.82) is 0 Å². The van der Waals surface area contributed by atoms with Gasteiger partial charge >= 0.3 is 0 Å². The Morgan fingerprint density at radius 1 is 1.19 bits per heavy atom. The highest BCUT2D eigenvalue weighted by Crippen LogP contribution is 2.28. The second kappa shape index (κ2) is 7.18. The maximum absolute atomic E-state index is 14.0. The fraction of sp³-hybridized carbons (Fsp3) is 0.188. The van der Waals surface area contributed by atoms with Gasteiger partial charge in [0.15, 0.2) is 5.78 Å². The molecule has 2 aromatic carbocycles. The van der Waals surface area contributed by atoms with Gasteiger partial charge in [0.25, 0.3) is 0 Å². The Morgan fingerprint density at radius 2 is 1.95 bits per heavy atom. The molecule has 2 nitrogen and oxygen atoms in total. The zero-order chi connectivity index (χ0) is 15.4. The predicted molar refractivity (Wildman–Crippen MR) is 87.5 cm³/mol. The number of carbonyl (C=O) groups is 1. The van der Waals surface area contributed by atoms with Crippen molar-refractivity contribution in [2.24, 2.45) is 0 Å². The van der Waals surface area contributed by atoms with Crippen LogP contribution in [0.15, 0.2) is 45.3 Å². The molecule has 0 N–H and O–H groups in total. The van der Waals surface area contributed by atoms with Crippen LogP contribution in [0, 0.1) is 5.82 Å². The average Bonchev–Trinajstić information content (AvgIpc) is 2.48. The van der Waals surface area contributed by atoms with Gasteiger partial charge in [-0.05, 0) is 68.6 Å². The molecular formula is C16H13Br2FO2. The molecule has 5 heteroatoms. The lowest BCUT2D eigenvalue weighted by molar-refractivity contribution is 0.103. The molecule has 0 unspecified atom stereocenters. The van der Waals surface area contributed by atoms with Gasteiger partial charge in [0, 0.05) is 5.56 Å². The third-order valence-corrected chi connectivity index (χ3v) is 4.08. The minimum atomic E-state index is -0.551. The van der Waals surface area contributed by atoms with E-state index in [9.17, 15) is 9.18 Å². The second-order valence-electron chi connectivity index (χ2n) is 4.42. The van der Waals surface area contributed by atoms with Gasteiger partial charge in [-0.2, -0.15) is 0 Å². The van der Waals surface area contributed by atoms with Crippen LogP contribution < -0.4 is 4.74 Å². The summed E-state index contributed by atoms with van der Waals surface area (Å²) in [5.41, 5.74) is 0.446. The zero-order valence-corrected chi connectivity index (χ0v) is 14.5. The molecule has 2 aromatic rings. The lowest BCUT2D eigenvalue weighted by Crippen LogP contribution is -2.05. The molecule has 0 radical (unpaired) electrons. The smallest absolute Gasteiger partial charge is 0.196 e. The molecule has 21 heavy (non-hydrogen) atoms. The molecule has 0 heterocycles. The van der Waals surface area contributed by atoms with Crippen molar-refractivity contribution >= 4 is 37.6 Å². The molecule has 2 rings (SSSR count). The van der Waals surface area contributed by atoms with Crippen LogP contribution in [0.25, 0.3) is 0 Å². The molecule has 0 aliphatic rings. The largest absolute Gasteiger partial charge is 0.492 e. The van der Waals surface area contributed by atoms with E-state index < -0.39 is 5.82 Å². The summed E-state index contributed by atoms with van der Waals surface area (Å²) in [5.74, 6) is -0.246. The highest BCUT2D eigenvalue weighted by molar-refractivity contribution is 9.10. The van der Waals surface area contributed by atoms with Crippen LogP contribution in [-0.2, 0) is 0 Å². The van der Waals surface area contributed by atoms with Gasteiger partial charge in [-0.15, -0.1) is 0 Å². The maximum atomic E-state index is 14.0. The van der Waals surface area contributed by atoms with E-state index >= 15 is 0 Å². The van der Waals surface area contributed by atoms with Crippen molar-refractivity contribution in [3.05, 3.63) is 62.3 Å². The summed E-state index contributed by atoms with van der Waals surface area (Å²) in [6, 6.07) is 9.66. The first kappa shape index (κ1) is 16.2. The molecule has 0 saturated heterocycles. The summed E-state index contributed by atoms with van der Waals surface area (Å²) in [6.07, 6.45) is 0.899. The van der Waals surface area contributed by atoms with Crippen LogP contribution in [-0.4, -0.2) is 12.4 Å². The summed E-state index contributed by atoms with van der Waals surface area (Å²) in [6.45, 7) is 2.62. The third-order valence-electron chi connectivity index (χ3n) is 2.85. The van der Waals surface area contributed by atoms with Crippen molar-refractivity contribution < 1.29 is 13.9 Å². The van der Waals surface area contributed by atoms with E-state index in [1.807, 2.05) is 6.92 Å². The maximum Gasteiger partial charge on any atom is 0.196 e. The molecule has 0 fully saturated rings. The summed E-state index contributed by atoms with van der Waals surface area (Å²) in [7, 11) is 0. The quantitative estimate of drug-likeness (QED) is 0.613. The van der Waals surface area contributed by atoms with Crippen molar-refractivity contribution in [2.75, 3.05) is 6.61 Å². The summed E-state index contributed by atoms with van der Waals surface area (Å²) in [4.78, 5) is 12.4. The van der Waals surface area contributed by atoms with Crippen molar-refractivity contribution in [2.45, 2.75) is 13.3 Å². The molecule has 0 saturated carbocycles. The van der Waals surface area contributed by atoms with Crippen LogP contribution in [0.1, 0.15) is 29.3 Å². The van der Waals surface area contributed by atoms with Crippen LogP contribution in [0.3, 0.4) is 0 Å². The van der Waals surface area contributed by atoms with Crippen LogP contribution in [0.4, 0.5) is 4.39 Å². The second-order valence-corrected chi connectivity index (χ2v) is 6.13. The van der Waals surface area contributed by atoms with Gasteiger partial charge in [0.05, 0.1) is 21.1 Å². The zero-order valence-electron chi connectivity index (χ0n) is 11.3. The number of hydrogen-bond acceptors (Lipinski definition) is 2. The molecular weight excluding hydrogens is 403 g/mol. The number of carbonyl (C=O) groups excluding carboxylic acids is 1. The van der Waals surface area contributed by atoms with Gasteiger partial charge in [0.2, 0.25) is 0 Å². The number of halogens is 3. The van der Waals surface area contributed by atoms with Gasteiger partial charge in [0.1, 0.15) is 11.6 Å². The normalized spacial score (nSPS) is 10.5. The van der Waals surface area contributed by atoms with E-state index in [1.165, 1.54) is 6.07 Å². The van der Waals surface area contributed by atoms with Gasteiger partial charge in [-0.3, -0.25) is 4.79 Å². The Balaban J connectivity index is 2.32. The number of ketones is 1. The Labute approximate surface area is 139 Å². The standard InChI is InChI=1S/C16H13Br2FO2/c1-2-8-21-14-7-6-10(9-13(14)18)16(20)11-4-3-5-12(17)15(11)19/h3-7,9H,2,8H2,1H3. The molecule has 110 valence electrons. The van der Waals surface area contributed by atoms with E-state index in [2.05, 4.69) is 31.9 Å². The van der Waals surface area contributed by atoms with E-state index in [-0.39, 0.29) is 15.8 Å². The SMILES string of the molecule is CCCOc1ccc(C(=O)c2cccc(Br)c2F)cc1Br. The Morgan fingerprint density at radius 3 is 2.62 bits per heavy atom. The monoisotopic (exact) mass is 414 g/mol. The number of hydrogen-bond donors (Lipinski definition) is 0. The first-order valence-electron chi connectivity index (χ1n) is 6.45. The highest BCUT2D eigenvalue weighted by Gasteiger charge is 2.17. The lowest BCUT2D eigenvalue weighted by Gasteiger charge is -2.09. The van der Waals surface area contributed by atoms with Gasteiger partial charge < -0.3 is 4.74 Å². The Kier molecular flexibility index (Phi) is 5.53. The molecule has 0 bridgehead atoms. The third kappa shape index (κ3) is 3.71. The molecule has 0 atom stereocenters. The summed E-state index contributed by atoms with van der Waals surface area (Å²) in [5, 5.41) is 0. The molecule has 0 amide bonds. The predicted octanol–water partition coefficient (Wildman–Crippen LogP) is 5.37. The summed E-state index contributed by atoms with van der Waals surface area (Å²) < 4.78 is 20.5. The molecule has 0 aromatic heterocycles. The number of rotatable bonds is 5. The van der Waals surface area contributed by atoms with Gasteiger partial charge in [-0.1, -0.05) is 13.0 Å². The number of ether oxygens (including phenoxy) is 1. The van der Waals surface area contributed by atoms with Crippen LogP contribution in [0.2, 0.25) is 0 Å². The van der Waals surface area contributed by atoms with E-state index in [4.69, 9.17) is 4.74 Å². The van der Waals surface area contributed by atoms with Gasteiger partial charge in [-0.25, -0.2) is 4.39 Å². The highest BCUT2D eigenvalue weighted by atomic mass is 79.9. The molecule has 0 aliphatic carbocycles. The number of benzene rings is 2. The fourth-order valence-electron chi connectivity index (χ4n) is 1.81. The first-order chi connectivity index (χ1) is 10.0. The van der Waals surface area contributed by atoms with Crippen LogP contribution in [0.5, 0.6) is 5.75 Å². The Hall–Kier alpha value is -1.20.